The highest BCUT2D eigenvalue weighted by molar-refractivity contribution is 5.96. The number of amides is 1. The Hall–Kier alpha value is -3.75. The zero-order valence-corrected chi connectivity index (χ0v) is 18.3. The molecule has 3 aromatic rings. The zero-order chi connectivity index (χ0) is 24.2. The van der Waals surface area contributed by atoms with E-state index >= 15 is 0 Å². The molecule has 2 aromatic carbocycles. The van der Waals surface area contributed by atoms with Gasteiger partial charge >= 0.3 is 6.18 Å². The summed E-state index contributed by atoms with van der Waals surface area (Å²) in [6.45, 7) is 0.515. The Morgan fingerprint density at radius 2 is 1.50 bits per heavy atom. The number of alkyl halides is 3. The fourth-order valence-electron chi connectivity index (χ4n) is 4.85. The van der Waals surface area contributed by atoms with Crippen molar-refractivity contribution in [3.05, 3.63) is 99.0 Å². The Morgan fingerprint density at radius 1 is 0.941 bits per heavy atom. The summed E-state index contributed by atoms with van der Waals surface area (Å²) < 4.78 is 42.5. The molecule has 0 unspecified atom stereocenters. The molecule has 0 radical (unpaired) electrons. The monoisotopic (exact) mass is 469 g/mol. The molecule has 1 atom stereocenters. The Labute approximate surface area is 193 Å². The van der Waals surface area contributed by atoms with Crippen LogP contribution in [0.3, 0.4) is 0 Å². The predicted octanol–water partition coefficient (Wildman–Crippen LogP) is 3.74. The predicted molar refractivity (Wildman–Crippen MR) is 119 cm³/mol. The molecule has 1 N–H and O–H groups in total. The lowest BCUT2D eigenvalue weighted by Crippen LogP contribution is -2.60. The minimum atomic E-state index is -4.69. The largest absolute Gasteiger partial charge is 0.502 e. The van der Waals surface area contributed by atoms with Crippen molar-refractivity contribution >= 4 is 5.91 Å². The summed E-state index contributed by atoms with van der Waals surface area (Å²) >= 11 is 0. The molecule has 5 rings (SSSR count). The summed E-state index contributed by atoms with van der Waals surface area (Å²) in [5.41, 5.74) is 2.57. The number of rotatable bonds is 2. The summed E-state index contributed by atoms with van der Waals surface area (Å²) in [6.07, 6.45) is -1.85. The molecule has 6 nitrogen and oxygen atoms in total. The number of benzene rings is 2. The van der Waals surface area contributed by atoms with Crippen LogP contribution in [0.4, 0.5) is 13.2 Å². The molecular weight excluding hydrogens is 447 g/mol. The number of hydrogen-bond donors (Lipinski definition) is 1. The van der Waals surface area contributed by atoms with Crippen LogP contribution in [0.2, 0.25) is 0 Å². The summed E-state index contributed by atoms with van der Waals surface area (Å²) in [5.74, 6) is -1.92. The third kappa shape index (κ3) is 3.43. The van der Waals surface area contributed by atoms with E-state index in [-0.39, 0.29) is 6.67 Å². The first-order valence-corrected chi connectivity index (χ1v) is 10.9. The van der Waals surface area contributed by atoms with E-state index in [2.05, 4.69) is 0 Å². The van der Waals surface area contributed by atoms with Gasteiger partial charge in [-0.1, -0.05) is 48.5 Å². The normalized spacial score (nSPS) is 17.0. The lowest BCUT2D eigenvalue weighted by atomic mass is 9.94. The topological polar surface area (TPSA) is 65.8 Å². The second kappa shape index (κ2) is 7.93. The van der Waals surface area contributed by atoms with Crippen molar-refractivity contribution in [1.29, 1.82) is 0 Å². The van der Waals surface area contributed by atoms with Gasteiger partial charge in [0.05, 0.1) is 6.04 Å². The number of nitrogens with zero attached hydrogens (tertiary/aromatic N) is 3. The van der Waals surface area contributed by atoms with Crippen molar-refractivity contribution in [2.45, 2.75) is 38.0 Å². The highest BCUT2D eigenvalue weighted by atomic mass is 19.4. The Kier molecular flexibility index (Phi) is 5.15. The molecule has 2 aliphatic rings. The molecule has 176 valence electrons. The van der Waals surface area contributed by atoms with E-state index in [9.17, 15) is 27.9 Å². The van der Waals surface area contributed by atoms with E-state index < -0.39 is 41.0 Å². The van der Waals surface area contributed by atoms with E-state index in [0.29, 0.717) is 4.90 Å². The molecule has 0 fully saturated rings. The molecule has 9 heteroatoms. The molecule has 1 amide bonds. The number of carbonyl (C=O) groups is 1. The van der Waals surface area contributed by atoms with Crippen molar-refractivity contribution in [3.8, 4) is 5.75 Å². The quantitative estimate of drug-likeness (QED) is 0.621. The number of hydrogen-bond acceptors (Lipinski definition) is 4. The second-order valence-electron chi connectivity index (χ2n) is 8.60. The Balaban J connectivity index is 1.77. The van der Waals surface area contributed by atoms with Crippen LogP contribution in [0.5, 0.6) is 5.75 Å². The van der Waals surface area contributed by atoms with E-state index in [1.165, 1.54) is 10.9 Å². The van der Waals surface area contributed by atoms with Crippen LogP contribution in [0.1, 0.15) is 45.7 Å². The van der Waals surface area contributed by atoms with Gasteiger partial charge in [0.25, 0.3) is 5.91 Å². The molecule has 1 aliphatic carbocycles. The van der Waals surface area contributed by atoms with Crippen LogP contribution in [0.25, 0.3) is 0 Å². The second-order valence-corrected chi connectivity index (χ2v) is 8.60. The van der Waals surface area contributed by atoms with E-state index in [1.807, 2.05) is 48.5 Å². The van der Waals surface area contributed by atoms with E-state index in [4.69, 9.17) is 0 Å². The number of fused-ring (bicyclic) bond motifs is 3. The van der Waals surface area contributed by atoms with Gasteiger partial charge in [0.2, 0.25) is 5.43 Å². The fraction of sp³-hybridized carbons (Fsp3) is 0.280. The number of aromatic nitrogens is 1. The maximum Gasteiger partial charge on any atom is 0.408 e. The van der Waals surface area contributed by atoms with Crippen LogP contribution in [0, 0.1) is 0 Å². The van der Waals surface area contributed by atoms with Gasteiger partial charge in [-0.15, -0.1) is 0 Å². The van der Waals surface area contributed by atoms with Crippen LogP contribution in [0.15, 0.2) is 65.6 Å². The number of halogens is 3. The SMILES string of the molecule is C[C@@H](N1CN(C2c3ccccc3CCc3ccccc32)n2ccc(=O)c(O)c2C1=O)C(F)(F)F. The van der Waals surface area contributed by atoms with Crippen LogP contribution < -0.4 is 10.4 Å². The molecule has 0 bridgehead atoms. The first-order valence-electron chi connectivity index (χ1n) is 10.9. The number of pyridine rings is 1. The lowest BCUT2D eigenvalue weighted by molar-refractivity contribution is -0.173. The standard InChI is InChI=1S/C25H22F3N3O3/c1-15(25(26,27)28)29-14-31(30-13-12-20(32)23(33)22(30)24(29)34)21-18-8-4-2-6-16(18)10-11-17-7-3-5-9-19(17)21/h2-9,12-13,15,21,33H,10-11,14H2,1H3/t15-/m1/s1. The highest BCUT2D eigenvalue weighted by Gasteiger charge is 2.47. The molecule has 0 spiro atoms. The van der Waals surface area contributed by atoms with Gasteiger partial charge in [0.15, 0.2) is 11.4 Å². The lowest BCUT2D eigenvalue weighted by Gasteiger charge is -2.46. The molecule has 0 saturated heterocycles. The minimum absolute atomic E-state index is 0.387. The van der Waals surface area contributed by atoms with Gasteiger partial charge in [-0.2, -0.15) is 13.2 Å². The molecule has 1 aliphatic heterocycles. The maximum absolute atomic E-state index is 13.7. The summed E-state index contributed by atoms with van der Waals surface area (Å²) in [6, 6.07) is 13.8. The average Bonchev–Trinajstić information content (AvgIpc) is 2.97. The van der Waals surface area contributed by atoms with Crippen molar-refractivity contribution in [2.75, 3.05) is 11.7 Å². The van der Waals surface area contributed by atoms with Crippen molar-refractivity contribution in [3.63, 3.8) is 0 Å². The summed E-state index contributed by atoms with van der Waals surface area (Å²) in [4.78, 5) is 26.0. The smallest absolute Gasteiger partial charge is 0.408 e. The third-order valence-corrected chi connectivity index (χ3v) is 6.69. The summed E-state index contributed by atoms with van der Waals surface area (Å²) in [5, 5.41) is 12.1. The van der Waals surface area contributed by atoms with Crippen LogP contribution in [-0.2, 0) is 12.8 Å². The minimum Gasteiger partial charge on any atom is -0.502 e. The first kappa shape index (κ1) is 22.1. The highest BCUT2D eigenvalue weighted by Crippen LogP contribution is 2.39. The van der Waals surface area contributed by atoms with Gasteiger partial charge in [0.1, 0.15) is 12.7 Å². The molecule has 0 saturated carbocycles. The van der Waals surface area contributed by atoms with Crippen LogP contribution >= 0.6 is 0 Å². The molecule has 34 heavy (non-hydrogen) atoms. The van der Waals surface area contributed by atoms with E-state index in [1.54, 1.807) is 5.01 Å². The average molecular weight is 469 g/mol. The maximum atomic E-state index is 13.7. The van der Waals surface area contributed by atoms with Gasteiger partial charge < -0.3 is 10.0 Å². The van der Waals surface area contributed by atoms with Crippen molar-refractivity contribution < 1.29 is 23.1 Å². The molecule has 2 heterocycles. The number of aromatic hydroxyl groups is 1. The first-order chi connectivity index (χ1) is 16.2. The van der Waals surface area contributed by atoms with E-state index in [0.717, 1.165) is 48.1 Å². The molecule has 1 aromatic heterocycles. The molecular formula is C25H22F3N3O3. The Bertz CT molecular complexity index is 1290. The van der Waals surface area contributed by atoms with Crippen molar-refractivity contribution in [2.24, 2.45) is 0 Å². The third-order valence-electron chi connectivity index (χ3n) is 6.69. The van der Waals surface area contributed by atoms with Gasteiger partial charge in [-0.3, -0.25) is 19.3 Å². The number of aryl methyl sites for hydroxylation is 2. The number of carbonyl (C=O) groups excluding carboxylic acids is 1. The Morgan fingerprint density at radius 3 is 2.06 bits per heavy atom. The van der Waals surface area contributed by atoms with Gasteiger partial charge in [0, 0.05) is 12.3 Å². The van der Waals surface area contributed by atoms with Crippen molar-refractivity contribution in [1.82, 2.24) is 9.58 Å². The zero-order valence-electron chi connectivity index (χ0n) is 18.3. The summed E-state index contributed by atoms with van der Waals surface area (Å²) in [7, 11) is 0. The van der Waals surface area contributed by atoms with Crippen LogP contribution in [-0.4, -0.2) is 39.5 Å². The van der Waals surface area contributed by atoms with Gasteiger partial charge in [-0.05, 0) is 42.0 Å². The fourth-order valence-corrected chi connectivity index (χ4v) is 4.85. The van der Waals surface area contributed by atoms with Gasteiger partial charge in [-0.25, -0.2) is 0 Å².